The van der Waals surface area contributed by atoms with Crippen LogP contribution in [-0.4, -0.2) is 141 Å². The number of hydroxylamine groups is 2. The largest absolute Gasteiger partial charge is 0.475 e. The number of carbonyl (C=O) groups is 1. The lowest BCUT2D eigenvalue weighted by molar-refractivity contribution is -0.326. The fourth-order valence-corrected chi connectivity index (χ4v) is 4.93. The summed E-state index contributed by atoms with van der Waals surface area (Å²) in [5, 5.41) is 31.3. The summed E-state index contributed by atoms with van der Waals surface area (Å²) in [5.41, 5.74) is 5.34. The molecule has 40 heavy (non-hydrogen) atoms. The summed E-state index contributed by atoms with van der Waals surface area (Å²) < 4.78 is 122. The van der Waals surface area contributed by atoms with Crippen LogP contribution in [0, 0.1) is 0 Å². The van der Waals surface area contributed by atoms with Gasteiger partial charge in [0.2, 0.25) is 12.0 Å². The minimum Gasteiger partial charge on any atom is -0.475 e. The molecule has 0 spiro atoms. The first-order chi connectivity index (χ1) is 18.2. The number of aliphatic hydroxyl groups is 2. The topological polar surface area (TPSA) is 338 Å². The Morgan fingerprint density at radius 1 is 1.10 bits per heavy atom. The molecule has 0 radical (unpaired) electrons. The highest BCUT2D eigenvalue weighted by molar-refractivity contribution is 7.83. The third-order valence-electron chi connectivity index (χ3n) is 5.03. The Balaban J connectivity index is 2.54. The molecule has 2 rings (SSSR count). The predicted molar refractivity (Wildman–Crippen MR) is 121 cm³/mol. The second-order valence-electron chi connectivity index (χ2n) is 7.96. The second-order valence-corrected chi connectivity index (χ2v) is 11.3. The van der Waals surface area contributed by atoms with E-state index in [0.29, 0.717) is 6.08 Å². The van der Waals surface area contributed by atoms with Gasteiger partial charge in [-0.3, -0.25) is 18.5 Å². The number of nitrogens with two attached hydrogens (primary N) is 1. The number of nitrogens with zero attached hydrogens (tertiary/aromatic N) is 1. The van der Waals surface area contributed by atoms with E-state index in [0.717, 1.165) is 12.1 Å². The van der Waals surface area contributed by atoms with E-state index in [9.17, 15) is 49.9 Å². The molecule has 0 saturated carbocycles. The molecule has 8 atom stereocenters. The average Bonchev–Trinajstić information content (AvgIpc) is 2.79. The van der Waals surface area contributed by atoms with Crippen molar-refractivity contribution in [3.05, 3.63) is 11.8 Å². The number of ether oxygens (including phenoxy) is 3. The highest BCUT2D eigenvalue weighted by Gasteiger charge is 2.52. The Morgan fingerprint density at radius 3 is 2.23 bits per heavy atom. The molecule has 22 nitrogen and oxygen atoms in total. The van der Waals surface area contributed by atoms with Crippen molar-refractivity contribution >= 4 is 37.1 Å². The van der Waals surface area contributed by atoms with Crippen molar-refractivity contribution in [3.63, 3.8) is 0 Å². The maximum atomic E-state index is 11.6. The molecule has 0 aliphatic carbocycles. The minimum absolute atomic E-state index is 0.0625. The van der Waals surface area contributed by atoms with E-state index in [1.165, 1.54) is 0 Å². The van der Waals surface area contributed by atoms with Crippen LogP contribution in [0.15, 0.2) is 11.8 Å². The normalized spacial score (nSPS) is 31.9. The van der Waals surface area contributed by atoms with Crippen molar-refractivity contribution in [2.45, 2.75) is 49.1 Å². The number of nitrogens with one attached hydrogen (secondary N) is 1. The molecular weight excluding hydrogens is 622 g/mol. The van der Waals surface area contributed by atoms with Gasteiger partial charge in [-0.05, 0) is 6.08 Å². The van der Waals surface area contributed by atoms with Crippen molar-refractivity contribution < 1.29 is 86.4 Å². The monoisotopic (exact) mass is 649 g/mol. The maximum Gasteiger partial charge on any atom is 0.397 e. The lowest BCUT2D eigenvalue weighted by Gasteiger charge is -2.47. The zero-order valence-electron chi connectivity index (χ0n) is 20.1. The number of aliphatic hydroxyl groups excluding tert-OH is 2. The van der Waals surface area contributed by atoms with Crippen molar-refractivity contribution in [1.29, 1.82) is 0 Å². The van der Waals surface area contributed by atoms with Crippen LogP contribution in [0.1, 0.15) is 0 Å². The molecule has 9 N–H and O–H groups in total. The number of rotatable bonds is 14. The number of aliphatic carboxylic acids is 1. The van der Waals surface area contributed by atoms with E-state index in [-0.39, 0.29) is 13.2 Å². The Kier molecular flexibility index (Phi) is 11.7. The van der Waals surface area contributed by atoms with E-state index in [1.54, 1.807) is 4.72 Å². The minimum atomic E-state index is -5.37. The lowest BCUT2D eigenvalue weighted by atomic mass is 9.96. The molecule has 0 aromatic rings. The molecule has 234 valence electrons. The van der Waals surface area contributed by atoms with Gasteiger partial charge in [-0.25, -0.2) is 13.2 Å². The first kappa shape index (κ1) is 34.5. The summed E-state index contributed by atoms with van der Waals surface area (Å²) >= 11 is 0. The van der Waals surface area contributed by atoms with Crippen LogP contribution in [0.25, 0.3) is 0 Å². The van der Waals surface area contributed by atoms with Gasteiger partial charge in [-0.2, -0.15) is 35.0 Å². The highest BCUT2D eigenvalue weighted by Crippen LogP contribution is 2.31. The quantitative estimate of drug-likeness (QED) is 0.0643. The Hall–Kier alpha value is -1.66. The third-order valence-corrected chi connectivity index (χ3v) is 6.50. The molecule has 0 amide bonds. The number of likely N-dealkylation sites (N-methyl/N-ethyl adjacent to an activating group) is 1. The van der Waals surface area contributed by atoms with Gasteiger partial charge >= 0.3 is 37.1 Å². The third kappa shape index (κ3) is 10.3. The summed E-state index contributed by atoms with van der Waals surface area (Å²) in [7, 11) is -14.5. The van der Waals surface area contributed by atoms with Gasteiger partial charge in [0.25, 0.3) is 0 Å². The molecule has 2 aliphatic rings. The van der Waals surface area contributed by atoms with Crippen molar-refractivity contribution in [1.82, 2.24) is 9.79 Å². The van der Waals surface area contributed by atoms with Crippen molar-refractivity contribution in [2.24, 2.45) is 5.73 Å². The summed E-state index contributed by atoms with van der Waals surface area (Å²) in [6.45, 7) is -1.45. The van der Waals surface area contributed by atoms with Gasteiger partial charge in [-0.1, -0.05) is 0 Å². The van der Waals surface area contributed by atoms with Gasteiger partial charge in [-0.15, -0.1) is 0 Å². The molecular formula is C15H27N3O19S3. The van der Waals surface area contributed by atoms with E-state index >= 15 is 0 Å². The molecule has 0 aromatic carbocycles. The zero-order chi connectivity index (χ0) is 30.6. The first-order valence-corrected chi connectivity index (χ1v) is 14.8. The van der Waals surface area contributed by atoms with Crippen LogP contribution < -0.4 is 10.5 Å². The maximum absolute atomic E-state index is 11.6. The molecule has 0 aromatic heterocycles. The zero-order valence-corrected chi connectivity index (χ0v) is 22.5. The molecule has 0 bridgehead atoms. The number of hydrogen-bond acceptors (Lipinski definition) is 17. The first-order valence-electron chi connectivity index (χ1n) is 10.6. The fourth-order valence-electron chi connectivity index (χ4n) is 3.54. The average molecular weight is 650 g/mol. The predicted octanol–water partition coefficient (Wildman–Crippen LogP) is -5.27. The van der Waals surface area contributed by atoms with E-state index in [4.69, 9.17) is 33.9 Å². The van der Waals surface area contributed by atoms with E-state index < -0.39 is 98.5 Å². The molecule has 2 aliphatic heterocycles. The van der Waals surface area contributed by atoms with Crippen LogP contribution in [-0.2, 0) is 63.3 Å². The SMILES string of the molecule is CN(OCCN)C1OC(COS(=O)(=O)O)C(OC2OC(C(=O)O)=CC(O)C2OS(=O)(=O)O)C(O)C1NS(=O)(=O)O. The van der Waals surface area contributed by atoms with Gasteiger partial charge in [0.1, 0.15) is 24.4 Å². The Morgan fingerprint density at radius 2 is 1.73 bits per heavy atom. The lowest BCUT2D eigenvalue weighted by Crippen LogP contribution is -2.69. The van der Waals surface area contributed by atoms with Gasteiger partial charge < -0.3 is 35.3 Å². The summed E-state index contributed by atoms with van der Waals surface area (Å²) in [4.78, 5) is 16.6. The molecule has 1 saturated heterocycles. The van der Waals surface area contributed by atoms with Crippen LogP contribution >= 0.6 is 0 Å². The smallest absolute Gasteiger partial charge is 0.397 e. The summed E-state index contributed by atoms with van der Waals surface area (Å²) in [6, 6.07) is -1.95. The Bertz CT molecular complexity index is 1240. The van der Waals surface area contributed by atoms with Gasteiger partial charge in [0.05, 0.1) is 19.3 Å². The number of hydrogen-bond donors (Lipinski definition) is 8. The number of carboxylic acid groups (broad SMARTS) is 1. The van der Waals surface area contributed by atoms with Crippen LogP contribution in [0.2, 0.25) is 0 Å². The molecule has 2 heterocycles. The van der Waals surface area contributed by atoms with Crippen LogP contribution in [0.5, 0.6) is 0 Å². The van der Waals surface area contributed by atoms with Crippen LogP contribution in [0.4, 0.5) is 0 Å². The number of carboxylic acids is 1. The molecule has 25 heteroatoms. The van der Waals surface area contributed by atoms with E-state index in [2.05, 4.69) is 8.37 Å². The van der Waals surface area contributed by atoms with Gasteiger partial charge in [0, 0.05) is 13.6 Å². The molecule has 1 fully saturated rings. The molecule has 8 unspecified atom stereocenters. The van der Waals surface area contributed by atoms with Crippen molar-refractivity contribution in [3.8, 4) is 0 Å². The summed E-state index contributed by atoms with van der Waals surface area (Å²) in [6.07, 6.45) is -14.3. The highest BCUT2D eigenvalue weighted by atomic mass is 32.3. The van der Waals surface area contributed by atoms with Gasteiger partial charge in [0.15, 0.2) is 12.3 Å². The standard InChI is InChI=1S/C15H27N3O19S3/c1-18(32-3-2-16)13-9(17-38(23,24)25)10(20)12(8(34-13)5-33-39(26,27)28)36-15-11(37-40(29,30)31)6(19)4-7(35-15)14(21)22/h4,6,8-13,15,17,19-20H,2-3,5,16H2,1H3,(H,21,22)(H,23,24,25)(H,26,27,28)(H,29,30,31). The van der Waals surface area contributed by atoms with E-state index in [1.807, 2.05) is 0 Å². The second kappa shape index (κ2) is 13.5. The Labute approximate surface area is 226 Å². The fraction of sp³-hybridized carbons (Fsp3) is 0.800. The van der Waals surface area contributed by atoms with Crippen LogP contribution in [0.3, 0.4) is 0 Å². The van der Waals surface area contributed by atoms with Crippen molar-refractivity contribution in [2.75, 3.05) is 26.8 Å². The summed E-state index contributed by atoms with van der Waals surface area (Å²) in [5.74, 6) is -2.85.